The van der Waals surface area contributed by atoms with Gasteiger partial charge < -0.3 is 20.6 Å². The van der Waals surface area contributed by atoms with E-state index >= 15 is 0 Å². The van der Waals surface area contributed by atoms with Crippen LogP contribution in [0.1, 0.15) is 251 Å². The minimum absolute atomic E-state index is 0.308. The molecular formula is C44H89NO4. The molecule has 0 aliphatic heterocycles. The fourth-order valence-electron chi connectivity index (χ4n) is 7.19. The van der Waals surface area contributed by atoms with Crippen LogP contribution in [0.4, 0.5) is 0 Å². The normalized spacial score (nSPS) is 13.5. The Morgan fingerprint density at radius 3 is 0.918 bits per heavy atom. The zero-order chi connectivity index (χ0) is 35.9. The first kappa shape index (κ1) is 48.3. The molecule has 0 aromatic heterocycles. The number of hydrogen-bond acceptors (Lipinski definition) is 4. The second-order valence-electron chi connectivity index (χ2n) is 15.6. The van der Waals surface area contributed by atoms with Gasteiger partial charge in [0.05, 0.1) is 18.8 Å². The maximum absolute atomic E-state index is 12.5. The van der Waals surface area contributed by atoms with E-state index in [2.05, 4.69) is 19.2 Å². The number of aliphatic hydroxyl groups excluding tert-OH is 3. The van der Waals surface area contributed by atoms with Gasteiger partial charge in [-0.25, -0.2) is 0 Å². The molecule has 1 unspecified atom stereocenters. The van der Waals surface area contributed by atoms with Gasteiger partial charge in [-0.05, 0) is 12.8 Å². The third-order valence-corrected chi connectivity index (χ3v) is 10.7. The summed E-state index contributed by atoms with van der Waals surface area (Å²) in [7, 11) is 0. The Morgan fingerprint density at radius 2 is 0.653 bits per heavy atom. The van der Waals surface area contributed by atoms with E-state index in [0.717, 1.165) is 32.1 Å². The van der Waals surface area contributed by atoms with E-state index in [0.29, 0.717) is 12.8 Å². The van der Waals surface area contributed by atoms with Crippen LogP contribution >= 0.6 is 0 Å². The van der Waals surface area contributed by atoms with Gasteiger partial charge in [-0.2, -0.15) is 0 Å². The van der Waals surface area contributed by atoms with Crippen LogP contribution in [0.3, 0.4) is 0 Å². The van der Waals surface area contributed by atoms with Crippen LogP contribution in [0.25, 0.3) is 0 Å². The summed E-state index contributed by atoms with van der Waals surface area (Å²) in [5.74, 6) is -0.465. The van der Waals surface area contributed by atoms with Crippen molar-refractivity contribution >= 4 is 5.91 Å². The van der Waals surface area contributed by atoms with Gasteiger partial charge in [0.2, 0.25) is 5.91 Å². The number of carbonyl (C=O) groups excluding carboxylic acids is 1. The van der Waals surface area contributed by atoms with Gasteiger partial charge >= 0.3 is 0 Å². The average Bonchev–Trinajstić information content (AvgIpc) is 3.11. The molecule has 0 radical (unpaired) electrons. The summed E-state index contributed by atoms with van der Waals surface area (Å²) in [6.45, 7) is 4.25. The van der Waals surface area contributed by atoms with E-state index in [9.17, 15) is 20.1 Å². The Kier molecular flexibility index (Phi) is 39.6. The highest BCUT2D eigenvalue weighted by atomic mass is 16.3. The van der Waals surface area contributed by atoms with Crippen LogP contribution in [0.15, 0.2) is 0 Å². The van der Waals surface area contributed by atoms with Gasteiger partial charge in [-0.3, -0.25) is 4.79 Å². The van der Waals surface area contributed by atoms with Gasteiger partial charge in [-0.1, -0.05) is 239 Å². The van der Waals surface area contributed by atoms with Crippen LogP contribution in [-0.4, -0.2) is 46.1 Å². The molecule has 4 N–H and O–H groups in total. The topological polar surface area (TPSA) is 89.8 Å². The number of unbranched alkanes of at least 4 members (excludes halogenated alkanes) is 33. The first-order chi connectivity index (χ1) is 24.1. The van der Waals surface area contributed by atoms with Crippen molar-refractivity contribution in [3.05, 3.63) is 0 Å². The van der Waals surface area contributed by atoms with Crippen LogP contribution < -0.4 is 5.32 Å². The van der Waals surface area contributed by atoms with Crippen LogP contribution in [0.5, 0.6) is 0 Å². The fourth-order valence-corrected chi connectivity index (χ4v) is 7.19. The largest absolute Gasteiger partial charge is 0.394 e. The predicted octanol–water partition coefficient (Wildman–Crippen LogP) is 12.7. The van der Waals surface area contributed by atoms with E-state index in [4.69, 9.17) is 0 Å². The molecule has 0 saturated carbocycles. The zero-order valence-electron chi connectivity index (χ0n) is 33.4. The van der Waals surface area contributed by atoms with Gasteiger partial charge in [0.1, 0.15) is 6.10 Å². The average molecular weight is 696 g/mol. The van der Waals surface area contributed by atoms with E-state index in [-0.39, 0.29) is 6.61 Å². The van der Waals surface area contributed by atoms with E-state index in [1.165, 1.54) is 193 Å². The number of aliphatic hydroxyl groups is 3. The molecule has 0 aromatic carbocycles. The molecule has 0 spiro atoms. The summed E-state index contributed by atoms with van der Waals surface area (Å²) in [5, 5.41) is 33.3. The molecule has 294 valence electrons. The molecule has 0 aliphatic carbocycles. The lowest BCUT2D eigenvalue weighted by Crippen LogP contribution is -2.49. The quantitative estimate of drug-likeness (QED) is 0.0479. The smallest absolute Gasteiger partial charge is 0.249 e. The molecule has 0 fully saturated rings. The minimum Gasteiger partial charge on any atom is -0.394 e. The SMILES string of the molecule is CCCCCCCCCCCCCCCCCCCCCCC(O)C(=O)N[C@@H](CO)[C@H](O)CCCCCCCCCCCCCCCCC. The third-order valence-electron chi connectivity index (χ3n) is 10.7. The second kappa shape index (κ2) is 40.1. The maximum Gasteiger partial charge on any atom is 0.249 e. The Hall–Kier alpha value is -0.650. The van der Waals surface area contributed by atoms with Crippen molar-refractivity contribution in [3.63, 3.8) is 0 Å². The summed E-state index contributed by atoms with van der Waals surface area (Å²) in [5.41, 5.74) is 0. The number of hydrogen-bond donors (Lipinski definition) is 4. The van der Waals surface area contributed by atoms with Crippen molar-refractivity contribution in [2.45, 2.75) is 270 Å². The summed E-state index contributed by atoms with van der Waals surface area (Å²) in [6, 6.07) is -0.705. The van der Waals surface area contributed by atoms with Gasteiger partial charge in [0.15, 0.2) is 0 Å². The van der Waals surface area contributed by atoms with E-state index < -0.39 is 24.2 Å². The Labute approximate surface area is 307 Å². The van der Waals surface area contributed by atoms with Crippen LogP contribution in [-0.2, 0) is 4.79 Å². The molecule has 3 atom stereocenters. The zero-order valence-corrected chi connectivity index (χ0v) is 33.4. The van der Waals surface area contributed by atoms with Crippen molar-refractivity contribution < 1.29 is 20.1 Å². The van der Waals surface area contributed by atoms with Crippen molar-refractivity contribution in [2.24, 2.45) is 0 Å². The molecule has 1 amide bonds. The number of nitrogens with one attached hydrogen (secondary N) is 1. The van der Waals surface area contributed by atoms with Crippen LogP contribution in [0, 0.1) is 0 Å². The number of rotatable bonds is 41. The number of carbonyl (C=O) groups is 1. The molecule has 5 nitrogen and oxygen atoms in total. The standard InChI is InChI=1S/C44H89NO4/c1-3-5-7-9-11-13-15-17-19-20-21-22-23-25-27-29-31-33-35-37-39-43(48)44(49)45-41(40-46)42(47)38-36-34-32-30-28-26-24-18-16-14-12-10-8-6-4-2/h41-43,46-48H,3-40H2,1-2H3,(H,45,49)/t41-,42+,43?/m0/s1. The van der Waals surface area contributed by atoms with Gasteiger partial charge in [0.25, 0.3) is 0 Å². The highest BCUT2D eigenvalue weighted by Crippen LogP contribution is 2.17. The Balaban J connectivity index is 3.57. The first-order valence-corrected chi connectivity index (χ1v) is 22.3. The Bertz CT molecular complexity index is 644. The van der Waals surface area contributed by atoms with Crippen molar-refractivity contribution in [1.29, 1.82) is 0 Å². The molecule has 0 rings (SSSR count). The second-order valence-corrected chi connectivity index (χ2v) is 15.6. The van der Waals surface area contributed by atoms with Gasteiger partial charge in [-0.15, -0.1) is 0 Å². The molecule has 0 aromatic rings. The molecular weight excluding hydrogens is 606 g/mol. The third kappa shape index (κ3) is 35.5. The van der Waals surface area contributed by atoms with E-state index in [1.807, 2.05) is 0 Å². The Morgan fingerprint density at radius 1 is 0.408 bits per heavy atom. The summed E-state index contributed by atoms with van der Waals surface area (Å²) < 4.78 is 0. The lowest BCUT2D eigenvalue weighted by molar-refractivity contribution is -0.131. The van der Waals surface area contributed by atoms with Crippen LogP contribution in [0.2, 0.25) is 0 Å². The molecule has 0 bridgehead atoms. The minimum atomic E-state index is -1.07. The molecule has 0 heterocycles. The molecule has 0 aliphatic rings. The lowest BCUT2D eigenvalue weighted by Gasteiger charge is -2.23. The lowest BCUT2D eigenvalue weighted by atomic mass is 10.0. The highest BCUT2D eigenvalue weighted by Gasteiger charge is 2.23. The van der Waals surface area contributed by atoms with Crippen molar-refractivity contribution in [3.8, 4) is 0 Å². The summed E-state index contributed by atoms with van der Waals surface area (Å²) in [6.07, 6.45) is 45.3. The van der Waals surface area contributed by atoms with Crippen molar-refractivity contribution in [2.75, 3.05) is 6.61 Å². The maximum atomic E-state index is 12.5. The predicted molar refractivity (Wildman–Crippen MR) is 213 cm³/mol. The highest BCUT2D eigenvalue weighted by molar-refractivity contribution is 5.80. The van der Waals surface area contributed by atoms with Crippen molar-refractivity contribution in [1.82, 2.24) is 5.32 Å². The van der Waals surface area contributed by atoms with Gasteiger partial charge in [0, 0.05) is 0 Å². The summed E-state index contributed by atoms with van der Waals surface area (Å²) >= 11 is 0. The molecule has 5 heteroatoms. The molecule has 0 saturated heterocycles. The summed E-state index contributed by atoms with van der Waals surface area (Å²) in [4.78, 5) is 12.5. The number of amides is 1. The monoisotopic (exact) mass is 696 g/mol. The first-order valence-electron chi connectivity index (χ1n) is 22.3. The molecule has 49 heavy (non-hydrogen) atoms. The van der Waals surface area contributed by atoms with E-state index in [1.54, 1.807) is 0 Å². The fraction of sp³-hybridized carbons (Fsp3) is 0.977.